The summed E-state index contributed by atoms with van der Waals surface area (Å²) in [4.78, 5) is 6.87. The van der Waals surface area contributed by atoms with Crippen molar-refractivity contribution in [1.82, 2.24) is 0 Å². The number of halogens is 2. The lowest BCUT2D eigenvalue weighted by Gasteiger charge is -2.11. The Morgan fingerprint density at radius 3 is 0.908 bits per heavy atom. The highest BCUT2D eigenvalue weighted by atomic mass is 35.5. The van der Waals surface area contributed by atoms with Crippen molar-refractivity contribution in [3.8, 4) is 34.5 Å². The molecular weight excluding hydrogens is 928 g/mol. The Kier molecular flexibility index (Phi) is 27.1. The van der Waals surface area contributed by atoms with Crippen molar-refractivity contribution < 1.29 is 59.6 Å². The predicted octanol–water partition coefficient (Wildman–Crippen LogP) is 8.47. The molecule has 0 aliphatic rings. The first kappa shape index (κ1) is 56.4. The lowest BCUT2D eigenvalue weighted by atomic mass is 10.3. The number of hydrogen-bond acceptors (Lipinski definition) is 10. The SMILES string of the molecule is CCCCl.CCCOc1ccc([S+](c2ccc(OCCC)cc2)c2ccc(OCCOCC)cc2)cc1.CS(=O)(=O)[O-].Oc1ccc([S+](c2ccc(O)cc2)c2ccc(O)cc2)cc1.[Cl-]. The Hall–Kier alpha value is -4.73. The Bertz CT molecular complexity index is 2100. The predicted molar refractivity (Wildman–Crippen MR) is 258 cm³/mol. The van der Waals surface area contributed by atoms with Crippen LogP contribution in [-0.2, 0) is 36.6 Å². The zero-order valence-electron chi connectivity index (χ0n) is 37.4. The van der Waals surface area contributed by atoms with Gasteiger partial charge in [0.2, 0.25) is 0 Å². The van der Waals surface area contributed by atoms with E-state index in [-0.39, 0.29) is 51.4 Å². The standard InChI is InChI=1S/C28H35O4S.C18H14O3S.C3H7Cl.CH4O3S.ClH/c1-4-19-30-23-7-13-26(14-8-23)33(27-15-9-24(10-16-27)31-20-5-2)28-17-11-25(12-18-28)32-22-21-29-6-3;19-13-1-7-16(8-2-13)22(17-9-3-14(20)4-10-17)18-11-5-15(21)6-12-18;1-2-3-4;1-5(2,3)4;/h7-18H,4-6,19-22H2,1-3H3;1-12H,(H2-,19,20,21);2-3H2,1H3;1H3,(H,2,3,4);1H/q+1;;;;/p-1. The van der Waals surface area contributed by atoms with Gasteiger partial charge >= 0.3 is 0 Å². The van der Waals surface area contributed by atoms with Crippen molar-refractivity contribution in [2.45, 2.75) is 76.3 Å². The minimum absolute atomic E-state index is 0. The largest absolute Gasteiger partial charge is 1.00 e. The van der Waals surface area contributed by atoms with Crippen molar-refractivity contribution >= 4 is 43.5 Å². The molecule has 0 aromatic heterocycles. The molecule has 0 aliphatic heterocycles. The van der Waals surface area contributed by atoms with Gasteiger partial charge in [0.1, 0.15) is 41.1 Å². The first-order valence-corrected chi connectivity index (χ1v) is 25.7. The molecule has 0 spiro atoms. The summed E-state index contributed by atoms with van der Waals surface area (Å²) >= 11 is 5.19. The summed E-state index contributed by atoms with van der Waals surface area (Å²) in [6, 6.07) is 46.6. The van der Waals surface area contributed by atoms with Crippen LogP contribution in [0, 0.1) is 0 Å². The van der Waals surface area contributed by atoms with Crippen molar-refractivity contribution in [3.05, 3.63) is 146 Å². The van der Waals surface area contributed by atoms with Crippen molar-refractivity contribution in [2.75, 3.05) is 45.2 Å². The van der Waals surface area contributed by atoms with E-state index in [9.17, 15) is 15.3 Å². The highest BCUT2D eigenvalue weighted by Crippen LogP contribution is 2.35. The van der Waals surface area contributed by atoms with Gasteiger partial charge in [0, 0.05) is 18.7 Å². The molecule has 0 amide bonds. The number of benzene rings is 6. The minimum atomic E-state index is -3.92. The van der Waals surface area contributed by atoms with E-state index >= 15 is 0 Å². The van der Waals surface area contributed by atoms with Gasteiger partial charge in [0.25, 0.3) is 0 Å². The monoisotopic (exact) mass is 986 g/mol. The molecule has 0 bridgehead atoms. The number of phenolic OH excluding ortho intramolecular Hbond substituents is 3. The second-order valence-corrected chi connectivity index (χ2v) is 19.5. The molecule has 0 saturated heterocycles. The van der Waals surface area contributed by atoms with Crippen LogP contribution in [0.15, 0.2) is 175 Å². The van der Waals surface area contributed by atoms with Crippen molar-refractivity contribution in [1.29, 1.82) is 0 Å². The van der Waals surface area contributed by atoms with E-state index in [0.717, 1.165) is 70.3 Å². The molecule has 0 unspecified atom stereocenters. The molecule has 0 aliphatic carbocycles. The van der Waals surface area contributed by atoms with Crippen molar-refractivity contribution in [3.63, 3.8) is 0 Å². The third-order valence-electron chi connectivity index (χ3n) is 8.23. The van der Waals surface area contributed by atoms with E-state index < -0.39 is 10.1 Å². The van der Waals surface area contributed by atoms with E-state index in [1.807, 2.05) is 62.4 Å². The van der Waals surface area contributed by atoms with Gasteiger partial charge in [-0.15, -0.1) is 11.6 Å². The zero-order chi connectivity index (χ0) is 46.7. The van der Waals surface area contributed by atoms with E-state index in [2.05, 4.69) is 74.5 Å². The highest BCUT2D eigenvalue weighted by Gasteiger charge is 2.30. The van der Waals surface area contributed by atoms with E-state index in [0.29, 0.717) is 26.1 Å². The fourth-order valence-electron chi connectivity index (χ4n) is 5.38. The quantitative estimate of drug-likeness (QED) is 0.0331. The summed E-state index contributed by atoms with van der Waals surface area (Å²) in [5.41, 5.74) is 0. The number of rotatable bonds is 18. The first-order valence-electron chi connectivity index (χ1n) is 20.9. The summed E-state index contributed by atoms with van der Waals surface area (Å²) in [6.07, 6.45) is 3.68. The molecule has 6 aromatic carbocycles. The van der Waals surface area contributed by atoms with Gasteiger partial charge in [-0.1, -0.05) is 20.8 Å². The van der Waals surface area contributed by atoms with Crippen molar-refractivity contribution in [2.24, 2.45) is 0 Å². The third kappa shape index (κ3) is 21.9. The van der Waals surface area contributed by atoms with E-state index in [1.165, 1.54) is 14.7 Å². The molecule has 0 radical (unpaired) electrons. The minimum Gasteiger partial charge on any atom is -1.00 e. The lowest BCUT2D eigenvalue weighted by Crippen LogP contribution is -3.00. The van der Waals surface area contributed by atoms with Crippen LogP contribution < -0.4 is 26.6 Å². The average molecular weight is 988 g/mol. The maximum Gasteiger partial charge on any atom is 0.166 e. The third-order valence-corrected chi connectivity index (χ3v) is 13.1. The van der Waals surface area contributed by atoms with Crippen LogP contribution in [0.3, 0.4) is 0 Å². The maximum atomic E-state index is 9.49. The molecule has 3 N–H and O–H groups in total. The lowest BCUT2D eigenvalue weighted by molar-refractivity contribution is -0.0000222. The van der Waals surface area contributed by atoms with Gasteiger partial charge < -0.3 is 51.2 Å². The van der Waals surface area contributed by atoms with Gasteiger partial charge in [0.15, 0.2) is 29.4 Å². The van der Waals surface area contributed by atoms with Crippen LogP contribution >= 0.6 is 11.6 Å². The topological polar surface area (TPSA) is 155 Å². The Labute approximate surface area is 402 Å². The molecule has 0 heterocycles. The number of phenols is 3. The van der Waals surface area contributed by atoms with Crippen LogP contribution in [0.2, 0.25) is 0 Å². The highest BCUT2D eigenvalue weighted by molar-refractivity contribution is 7.97. The van der Waals surface area contributed by atoms with Gasteiger partial charge in [-0.3, -0.25) is 0 Å². The smallest absolute Gasteiger partial charge is 0.166 e. The first-order chi connectivity index (χ1) is 30.8. The van der Waals surface area contributed by atoms with Gasteiger partial charge in [0.05, 0.1) is 51.7 Å². The summed E-state index contributed by atoms with van der Waals surface area (Å²) in [6.45, 7) is 11.6. The second kappa shape index (κ2) is 31.2. The number of hydrogen-bond donors (Lipinski definition) is 3. The molecule has 6 aromatic rings. The summed E-state index contributed by atoms with van der Waals surface area (Å²) < 4.78 is 50.0. The van der Waals surface area contributed by atoms with Crippen LogP contribution in [0.5, 0.6) is 34.5 Å². The summed E-state index contributed by atoms with van der Waals surface area (Å²) in [5.74, 6) is 4.14. The van der Waals surface area contributed by atoms with Crippen LogP contribution in [0.4, 0.5) is 0 Å². The molecule has 65 heavy (non-hydrogen) atoms. The molecular formula is C50H60Cl2O10S3. The van der Waals surface area contributed by atoms with Gasteiger partial charge in [-0.05, 0) is 172 Å². The zero-order valence-corrected chi connectivity index (χ0v) is 41.4. The Morgan fingerprint density at radius 1 is 0.462 bits per heavy atom. The Balaban J connectivity index is 0.000000389. The molecule has 0 saturated carbocycles. The molecule has 15 heteroatoms. The molecule has 0 atom stereocenters. The fourth-order valence-corrected chi connectivity index (χ4v) is 9.46. The van der Waals surface area contributed by atoms with Gasteiger partial charge in [-0.25, -0.2) is 8.42 Å². The number of alkyl halides is 1. The summed E-state index contributed by atoms with van der Waals surface area (Å²) in [7, 11) is -4.54. The summed E-state index contributed by atoms with van der Waals surface area (Å²) in [5, 5.41) is 28.5. The van der Waals surface area contributed by atoms with Crippen LogP contribution in [0.25, 0.3) is 0 Å². The Morgan fingerprint density at radius 2 is 0.692 bits per heavy atom. The normalized spacial score (nSPS) is 10.5. The molecule has 352 valence electrons. The van der Waals surface area contributed by atoms with E-state index in [1.54, 1.807) is 36.4 Å². The van der Waals surface area contributed by atoms with Gasteiger partial charge in [-0.2, -0.15) is 0 Å². The number of ether oxygens (including phenoxy) is 4. The second-order valence-electron chi connectivity index (χ2n) is 13.6. The number of aromatic hydroxyl groups is 3. The molecule has 10 nitrogen and oxygen atoms in total. The van der Waals surface area contributed by atoms with Crippen LogP contribution in [0.1, 0.15) is 47.0 Å². The average Bonchev–Trinajstić information content (AvgIpc) is 3.29. The van der Waals surface area contributed by atoms with E-state index in [4.69, 9.17) is 43.5 Å². The molecule has 6 rings (SSSR count). The maximum absolute atomic E-state index is 9.49. The molecule has 0 fully saturated rings. The fraction of sp³-hybridized carbons (Fsp3) is 0.280. The van der Waals surface area contributed by atoms with Crippen LogP contribution in [-0.4, -0.2) is 73.5 Å².